The van der Waals surface area contributed by atoms with Gasteiger partial charge in [0, 0.05) is 0 Å². The highest BCUT2D eigenvalue weighted by atomic mass is 35.5. The van der Waals surface area contributed by atoms with Gasteiger partial charge in [0.1, 0.15) is 16.4 Å². The van der Waals surface area contributed by atoms with E-state index in [-0.39, 0.29) is 16.0 Å². The third-order valence-corrected chi connectivity index (χ3v) is 2.39. The van der Waals surface area contributed by atoms with Crippen molar-refractivity contribution in [2.45, 2.75) is 0 Å². The minimum atomic E-state index is -0.710. The van der Waals surface area contributed by atoms with Crippen LogP contribution in [0.4, 0.5) is 5.95 Å². The summed E-state index contributed by atoms with van der Waals surface area (Å²) in [4.78, 5) is 27.1. The van der Waals surface area contributed by atoms with Gasteiger partial charge in [-0.15, -0.1) is 0 Å². The van der Waals surface area contributed by atoms with Crippen LogP contribution in [0, 0.1) is 0 Å². The lowest BCUT2D eigenvalue weighted by Gasteiger charge is -2.08. The van der Waals surface area contributed by atoms with E-state index in [0.29, 0.717) is 0 Å². The highest BCUT2D eigenvalue weighted by molar-refractivity contribution is 6.62. The van der Waals surface area contributed by atoms with Crippen LogP contribution in [-0.4, -0.2) is 27.0 Å². The summed E-state index contributed by atoms with van der Waals surface area (Å²) >= 11 is 11.0. The van der Waals surface area contributed by atoms with Crippen LogP contribution in [0.25, 0.3) is 0 Å². The summed E-state index contributed by atoms with van der Waals surface area (Å²) in [6.45, 7) is 0. The third kappa shape index (κ3) is 1.11. The topological polar surface area (TPSA) is 79.0 Å². The van der Waals surface area contributed by atoms with Gasteiger partial charge < -0.3 is 0 Å². The average Bonchev–Trinajstić information content (AvgIpc) is 2.73. The summed E-state index contributed by atoms with van der Waals surface area (Å²) in [6.07, 6.45) is 1.16. The number of aromatic amines is 1. The first-order valence-electron chi connectivity index (χ1n) is 3.42. The molecule has 0 atom stereocenters. The zero-order valence-corrected chi connectivity index (χ0v) is 8.00. The van der Waals surface area contributed by atoms with E-state index in [0.717, 1.165) is 11.2 Å². The van der Waals surface area contributed by atoms with Crippen molar-refractivity contribution in [1.82, 2.24) is 15.2 Å². The third-order valence-electron chi connectivity index (χ3n) is 1.59. The summed E-state index contributed by atoms with van der Waals surface area (Å²) < 4.78 is 0. The SMILES string of the molecule is O=C1C(Cl)=C(Cl)C(=O)N1c1ncn[nH]1. The number of imide groups is 1. The van der Waals surface area contributed by atoms with Crippen LogP contribution in [0.15, 0.2) is 16.4 Å². The molecule has 0 aliphatic carbocycles. The predicted octanol–water partition coefficient (Wildman–Crippen LogP) is 0.367. The predicted molar refractivity (Wildman–Crippen MR) is 47.6 cm³/mol. The van der Waals surface area contributed by atoms with Gasteiger partial charge in [0.05, 0.1) is 0 Å². The molecule has 1 aliphatic rings. The molecule has 2 rings (SSSR count). The number of hydrogen-bond acceptors (Lipinski definition) is 4. The van der Waals surface area contributed by atoms with Gasteiger partial charge in [-0.2, -0.15) is 10.1 Å². The molecule has 1 aromatic heterocycles. The largest absolute Gasteiger partial charge is 0.281 e. The molecule has 6 nitrogen and oxygen atoms in total. The lowest BCUT2D eigenvalue weighted by molar-refractivity contribution is -0.120. The molecule has 0 aromatic carbocycles. The molecular formula is C6H2Cl2N4O2. The van der Waals surface area contributed by atoms with Gasteiger partial charge in [0.2, 0.25) is 5.95 Å². The zero-order valence-electron chi connectivity index (χ0n) is 6.49. The Kier molecular flexibility index (Phi) is 2.01. The molecule has 1 N–H and O–H groups in total. The summed E-state index contributed by atoms with van der Waals surface area (Å²) in [5, 5.41) is 5.24. The minimum absolute atomic E-state index is 0.00574. The van der Waals surface area contributed by atoms with E-state index < -0.39 is 11.8 Å². The van der Waals surface area contributed by atoms with Crippen LogP contribution in [0.5, 0.6) is 0 Å². The second kappa shape index (κ2) is 3.07. The number of H-pyrrole nitrogens is 1. The van der Waals surface area contributed by atoms with Crippen molar-refractivity contribution in [2.75, 3.05) is 4.90 Å². The lowest BCUT2D eigenvalue weighted by atomic mass is 10.5. The van der Waals surface area contributed by atoms with Gasteiger partial charge in [-0.1, -0.05) is 23.2 Å². The average molecular weight is 233 g/mol. The first-order chi connectivity index (χ1) is 6.63. The molecule has 8 heteroatoms. The molecule has 0 spiro atoms. The molecule has 0 saturated heterocycles. The Morgan fingerprint density at radius 2 is 1.79 bits per heavy atom. The number of nitrogens with one attached hydrogen (secondary N) is 1. The molecule has 1 aromatic rings. The molecular weight excluding hydrogens is 231 g/mol. The summed E-state index contributed by atoms with van der Waals surface area (Å²) in [6, 6.07) is 0. The number of carbonyl (C=O) groups excluding carboxylic acids is 2. The van der Waals surface area contributed by atoms with Crippen molar-refractivity contribution in [3.8, 4) is 0 Å². The first-order valence-corrected chi connectivity index (χ1v) is 4.18. The van der Waals surface area contributed by atoms with E-state index in [1.165, 1.54) is 0 Å². The van der Waals surface area contributed by atoms with Gasteiger partial charge in [-0.25, -0.2) is 10.00 Å². The molecule has 0 unspecified atom stereocenters. The quantitative estimate of drug-likeness (QED) is 0.710. The number of hydrogen-bond donors (Lipinski definition) is 1. The van der Waals surface area contributed by atoms with Gasteiger partial charge in [-0.05, 0) is 0 Å². The van der Waals surface area contributed by atoms with E-state index in [1.54, 1.807) is 0 Å². The van der Waals surface area contributed by atoms with Gasteiger partial charge in [0.25, 0.3) is 11.8 Å². The number of anilines is 1. The normalized spacial score (nSPS) is 17.1. The molecule has 2 heterocycles. The van der Waals surface area contributed by atoms with E-state index in [1.807, 2.05) is 0 Å². The summed E-state index contributed by atoms with van der Waals surface area (Å²) in [7, 11) is 0. The molecule has 0 bridgehead atoms. The Labute approximate surface area is 87.5 Å². The Bertz CT molecular complexity index is 415. The van der Waals surface area contributed by atoms with E-state index in [9.17, 15) is 9.59 Å². The second-order valence-corrected chi connectivity index (χ2v) is 3.14. The monoisotopic (exact) mass is 232 g/mol. The lowest BCUT2D eigenvalue weighted by Crippen LogP contribution is -2.31. The van der Waals surface area contributed by atoms with Crippen LogP contribution >= 0.6 is 23.2 Å². The van der Waals surface area contributed by atoms with Crippen molar-refractivity contribution in [3.63, 3.8) is 0 Å². The molecule has 0 fully saturated rings. The molecule has 14 heavy (non-hydrogen) atoms. The van der Waals surface area contributed by atoms with Crippen molar-refractivity contribution in [1.29, 1.82) is 0 Å². The maximum Gasteiger partial charge on any atom is 0.281 e. The highest BCUT2D eigenvalue weighted by Gasteiger charge is 2.39. The molecule has 72 valence electrons. The molecule has 0 saturated carbocycles. The molecule has 2 amide bonds. The fraction of sp³-hybridized carbons (Fsp3) is 0. The maximum atomic E-state index is 11.4. The maximum absolute atomic E-state index is 11.4. The highest BCUT2D eigenvalue weighted by Crippen LogP contribution is 2.28. The van der Waals surface area contributed by atoms with Crippen LogP contribution in [0.1, 0.15) is 0 Å². The summed E-state index contributed by atoms with van der Waals surface area (Å²) in [5.74, 6) is -1.43. The van der Waals surface area contributed by atoms with Gasteiger partial charge in [-0.3, -0.25) is 9.59 Å². The number of carbonyl (C=O) groups is 2. The fourth-order valence-corrected chi connectivity index (χ4v) is 1.31. The van der Waals surface area contributed by atoms with Crippen LogP contribution in [-0.2, 0) is 9.59 Å². The van der Waals surface area contributed by atoms with E-state index in [4.69, 9.17) is 23.2 Å². The number of amides is 2. The number of aromatic nitrogens is 3. The van der Waals surface area contributed by atoms with E-state index >= 15 is 0 Å². The number of nitrogens with zero attached hydrogens (tertiary/aromatic N) is 3. The van der Waals surface area contributed by atoms with Crippen molar-refractivity contribution >= 4 is 41.0 Å². The van der Waals surface area contributed by atoms with Crippen molar-refractivity contribution in [2.24, 2.45) is 0 Å². The Hall–Kier alpha value is -1.40. The molecule has 1 aliphatic heterocycles. The zero-order chi connectivity index (χ0) is 10.3. The Morgan fingerprint density at radius 3 is 2.21 bits per heavy atom. The van der Waals surface area contributed by atoms with Crippen LogP contribution in [0.3, 0.4) is 0 Å². The molecule has 0 radical (unpaired) electrons. The summed E-state index contributed by atoms with van der Waals surface area (Å²) in [5.41, 5.74) is 0. The standard InChI is InChI=1S/C6H2Cl2N4O2/c7-2-3(8)5(14)12(4(2)13)6-9-1-10-11-6/h1H,(H,9,10,11). The number of halogens is 2. The van der Waals surface area contributed by atoms with Crippen LogP contribution in [0.2, 0.25) is 0 Å². The fourth-order valence-electron chi connectivity index (χ4n) is 0.975. The Morgan fingerprint density at radius 1 is 1.21 bits per heavy atom. The first kappa shape index (κ1) is 9.17. The Balaban J connectivity index is 2.44. The van der Waals surface area contributed by atoms with Gasteiger partial charge >= 0.3 is 0 Å². The number of rotatable bonds is 1. The van der Waals surface area contributed by atoms with Crippen LogP contribution < -0.4 is 4.90 Å². The smallest absolute Gasteiger partial charge is 0.267 e. The second-order valence-electron chi connectivity index (χ2n) is 2.38. The van der Waals surface area contributed by atoms with Gasteiger partial charge in [0.15, 0.2) is 0 Å². The minimum Gasteiger partial charge on any atom is -0.267 e. The van der Waals surface area contributed by atoms with Crippen molar-refractivity contribution in [3.05, 3.63) is 16.4 Å². The van der Waals surface area contributed by atoms with E-state index in [2.05, 4.69) is 15.2 Å². The van der Waals surface area contributed by atoms with Crippen molar-refractivity contribution < 1.29 is 9.59 Å².